The zero-order valence-electron chi connectivity index (χ0n) is 14.9. The van der Waals surface area contributed by atoms with Crippen LogP contribution < -0.4 is 5.32 Å². The number of likely N-dealkylation sites (tertiary alicyclic amines) is 1. The van der Waals surface area contributed by atoms with Gasteiger partial charge in [-0.2, -0.15) is 0 Å². The number of hydrogen-bond donors (Lipinski definition) is 1. The predicted molar refractivity (Wildman–Crippen MR) is 101 cm³/mol. The van der Waals surface area contributed by atoms with E-state index < -0.39 is 0 Å². The average molecular weight is 337 g/mol. The van der Waals surface area contributed by atoms with Crippen LogP contribution in [0, 0.1) is 5.92 Å². The van der Waals surface area contributed by atoms with Crippen LogP contribution in [0.3, 0.4) is 0 Å². The fraction of sp³-hybridized carbons (Fsp3) is 0.429. The Bertz CT molecular complexity index is 651. The number of benzene rings is 1. The minimum atomic E-state index is 0.0968. The predicted octanol–water partition coefficient (Wildman–Crippen LogP) is 3.75. The van der Waals surface area contributed by atoms with Crippen molar-refractivity contribution in [3.63, 3.8) is 0 Å². The van der Waals surface area contributed by atoms with Gasteiger partial charge in [-0.1, -0.05) is 36.4 Å². The molecule has 0 radical (unpaired) electrons. The number of carbonyl (C=O) groups is 1. The summed E-state index contributed by atoms with van der Waals surface area (Å²) in [7, 11) is 0. The Hall–Kier alpha value is -2.20. The molecule has 0 spiro atoms. The van der Waals surface area contributed by atoms with E-state index in [9.17, 15) is 4.79 Å². The molecule has 0 saturated carbocycles. The molecule has 3 rings (SSSR count). The van der Waals surface area contributed by atoms with Crippen molar-refractivity contribution in [1.29, 1.82) is 0 Å². The SMILES string of the molecule is C[C@H](CCc1ccccc1)N1CCC(C(=O)Nc2ccccn2)CC1. The van der Waals surface area contributed by atoms with Gasteiger partial charge in [0.1, 0.15) is 5.82 Å². The molecular formula is C21H27N3O. The Morgan fingerprint density at radius 2 is 1.88 bits per heavy atom. The fourth-order valence-electron chi connectivity index (χ4n) is 3.47. The Balaban J connectivity index is 1.42. The average Bonchev–Trinajstić information content (AvgIpc) is 2.68. The molecule has 1 aliphatic rings. The van der Waals surface area contributed by atoms with Crippen LogP contribution >= 0.6 is 0 Å². The van der Waals surface area contributed by atoms with Crippen LogP contribution in [0.25, 0.3) is 0 Å². The largest absolute Gasteiger partial charge is 0.310 e. The number of nitrogens with zero attached hydrogens (tertiary/aromatic N) is 2. The topological polar surface area (TPSA) is 45.2 Å². The Labute approximate surface area is 150 Å². The Morgan fingerprint density at radius 1 is 1.16 bits per heavy atom. The van der Waals surface area contributed by atoms with Gasteiger partial charge in [-0.25, -0.2) is 4.98 Å². The summed E-state index contributed by atoms with van der Waals surface area (Å²) in [5.41, 5.74) is 1.40. The van der Waals surface area contributed by atoms with Crippen molar-refractivity contribution in [2.75, 3.05) is 18.4 Å². The first kappa shape index (κ1) is 17.6. The van der Waals surface area contributed by atoms with E-state index in [1.807, 2.05) is 18.2 Å². The quantitative estimate of drug-likeness (QED) is 0.873. The molecule has 2 aromatic rings. The van der Waals surface area contributed by atoms with E-state index in [0.29, 0.717) is 11.9 Å². The summed E-state index contributed by atoms with van der Waals surface area (Å²) in [6.45, 7) is 4.30. The third kappa shape index (κ3) is 5.13. The first-order valence-corrected chi connectivity index (χ1v) is 9.22. The van der Waals surface area contributed by atoms with Crippen LogP contribution in [0.5, 0.6) is 0 Å². The van der Waals surface area contributed by atoms with Crippen molar-refractivity contribution < 1.29 is 4.79 Å². The lowest BCUT2D eigenvalue weighted by Crippen LogP contribution is -2.42. The standard InChI is InChI=1S/C21H27N3O/c1-17(10-11-18-7-3-2-4-8-18)24-15-12-19(13-16-24)21(25)23-20-9-5-6-14-22-20/h2-9,14,17,19H,10-13,15-16H2,1H3,(H,22,23,25)/t17-/m1/s1. The Morgan fingerprint density at radius 3 is 2.56 bits per heavy atom. The van der Waals surface area contributed by atoms with Gasteiger partial charge in [0.2, 0.25) is 5.91 Å². The fourth-order valence-corrected chi connectivity index (χ4v) is 3.47. The number of anilines is 1. The number of aromatic nitrogens is 1. The number of pyridine rings is 1. The van der Waals surface area contributed by atoms with Crippen LogP contribution in [0.2, 0.25) is 0 Å². The van der Waals surface area contributed by atoms with Crippen LogP contribution in [0.4, 0.5) is 5.82 Å². The molecule has 1 aromatic carbocycles. The molecule has 1 aromatic heterocycles. The normalized spacial score (nSPS) is 17.2. The first-order chi connectivity index (χ1) is 12.2. The second kappa shape index (κ2) is 8.77. The maximum absolute atomic E-state index is 12.4. The van der Waals surface area contributed by atoms with Crippen molar-refractivity contribution in [3.8, 4) is 0 Å². The molecular weight excluding hydrogens is 310 g/mol. The number of piperidine rings is 1. The highest BCUT2D eigenvalue weighted by Gasteiger charge is 2.27. The third-order valence-corrected chi connectivity index (χ3v) is 5.13. The highest BCUT2D eigenvalue weighted by atomic mass is 16.1. The number of aryl methyl sites for hydroxylation is 1. The zero-order valence-corrected chi connectivity index (χ0v) is 14.9. The Kier molecular flexibility index (Phi) is 6.18. The highest BCUT2D eigenvalue weighted by molar-refractivity contribution is 5.91. The third-order valence-electron chi connectivity index (χ3n) is 5.13. The number of hydrogen-bond acceptors (Lipinski definition) is 3. The summed E-state index contributed by atoms with van der Waals surface area (Å²) < 4.78 is 0. The molecule has 2 heterocycles. The number of nitrogens with one attached hydrogen (secondary N) is 1. The molecule has 4 nitrogen and oxygen atoms in total. The summed E-state index contributed by atoms with van der Waals surface area (Å²) in [6.07, 6.45) is 5.83. The number of rotatable bonds is 6. The molecule has 1 fully saturated rings. The van der Waals surface area contributed by atoms with Crippen molar-refractivity contribution in [2.24, 2.45) is 5.92 Å². The molecule has 1 N–H and O–H groups in total. The van der Waals surface area contributed by atoms with Crippen molar-refractivity contribution >= 4 is 11.7 Å². The van der Waals surface area contributed by atoms with Gasteiger partial charge in [-0.3, -0.25) is 4.79 Å². The van der Waals surface area contributed by atoms with E-state index in [-0.39, 0.29) is 11.8 Å². The van der Waals surface area contributed by atoms with Gasteiger partial charge in [-0.05, 0) is 63.4 Å². The smallest absolute Gasteiger partial charge is 0.228 e. The molecule has 1 saturated heterocycles. The van der Waals surface area contributed by atoms with E-state index in [1.165, 1.54) is 5.56 Å². The van der Waals surface area contributed by atoms with Crippen LogP contribution in [-0.4, -0.2) is 34.9 Å². The van der Waals surface area contributed by atoms with Crippen molar-refractivity contribution in [2.45, 2.75) is 38.6 Å². The van der Waals surface area contributed by atoms with Gasteiger partial charge in [0.15, 0.2) is 0 Å². The minimum absolute atomic E-state index is 0.0968. The van der Waals surface area contributed by atoms with Crippen LogP contribution in [-0.2, 0) is 11.2 Å². The van der Waals surface area contributed by atoms with Gasteiger partial charge in [-0.15, -0.1) is 0 Å². The zero-order chi connectivity index (χ0) is 17.5. The van der Waals surface area contributed by atoms with E-state index in [4.69, 9.17) is 0 Å². The molecule has 1 amide bonds. The maximum atomic E-state index is 12.4. The van der Waals surface area contributed by atoms with E-state index in [2.05, 4.69) is 52.5 Å². The highest BCUT2D eigenvalue weighted by Crippen LogP contribution is 2.22. The van der Waals surface area contributed by atoms with Crippen molar-refractivity contribution in [1.82, 2.24) is 9.88 Å². The molecule has 1 atom stereocenters. The van der Waals surface area contributed by atoms with Crippen LogP contribution in [0.1, 0.15) is 31.7 Å². The maximum Gasteiger partial charge on any atom is 0.228 e. The lowest BCUT2D eigenvalue weighted by atomic mass is 9.94. The molecule has 132 valence electrons. The molecule has 25 heavy (non-hydrogen) atoms. The van der Waals surface area contributed by atoms with Gasteiger partial charge in [0, 0.05) is 18.2 Å². The lowest BCUT2D eigenvalue weighted by molar-refractivity contribution is -0.121. The molecule has 0 bridgehead atoms. The molecule has 1 aliphatic heterocycles. The van der Waals surface area contributed by atoms with E-state index in [0.717, 1.165) is 38.8 Å². The van der Waals surface area contributed by atoms with E-state index in [1.54, 1.807) is 6.20 Å². The summed E-state index contributed by atoms with van der Waals surface area (Å²) in [4.78, 5) is 19.1. The van der Waals surface area contributed by atoms with Gasteiger partial charge >= 0.3 is 0 Å². The first-order valence-electron chi connectivity index (χ1n) is 9.22. The summed E-state index contributed by atoms with van der Waals surface area (Å²) >= 11 is 0. The van der Waals surface area contributed by atoms with E-state index >= 15 is 0 Å². The van der Waals surface area contributed by atoms with Gasteiger partial charge in [0.05, 0.1) is 0 Å². The summed E-state index contributed by atoms with van der Waals surface area (Å²) in [6, 6.07) is 16.8. The lowest BCUT2D eigenvalue weighted by Gasteiger charge is -2.35. The second-order valence-electron chi connectivity index (χ2n) is 6.89. The second-order valence-corrected chi connectivity index (χ2v) is 6.89. The minimum Gasteiger partial charge on any atom is -0.310 e. The molecule has 4 heteroatoms. The summed E-state index contributed by atoms with van der Waals surface area (Å²) in [5, 5.41) is 2.93. The monoisotopic (exact) mass is 337 g/mol. The van der Waals surface area contributed by atoms with Crippen LogP contribution in [0.15, 0.2) is 54.7 Å². The number of carbonyl (C=O) groups excluding carboxylic acids is 1. The molecule has 0 aliphatic carbocycles. The molecule has 0 unspecified atom stereocenters. The summed E-state index contributed by atoms with van der Waals surface area (Å²) in [5.74, 6) is 0.848. The van der Waals surface area contributed by atoms with Crippen molar-refractivity contribution in [3.05, 3.63) is 60.3 Å². The van der Waals surface area contributed by atoms with Gasteiger partial charge in [0.25, 0.3) is 0 Å². The number of amides is 1. The van der Waals surface area contributed by atoms with Gasteiger partial charge < -0.3 is 10.2 Å².